The second kappa shape index (κ2) is 1.73. The van der Waals surface area contributed by atoms with Crippen molar-refractivity contribution in [2.45, 2.75) is 0 Å². The molecule has 5 heteroatoms. The molecule has 5 nitrogen and oxygen atoms in total. The normalized spacial score (nSPS) is 21.4. The van der Waals surface area contributed by atoms with Crippen molar-refractivity contribution in [3.63, 3.8) is 0 Å². The van der Waals surface area contributed by atoms with Crippen LogP contribution in [0.3, 0.4) is 0 Å². The van der Waals surface area contributed by atoms with Crippen molar-refractivity contribution in [3.05, 3.63) is 0 Å². The van der Waals surface area contributed by atoms with Gasteiger partial charge in [0.25, 0.3) is 0 Å². The van der Waals surface area contributed by atoms with Gasteiger partial charge in [0.1, 0.15) is 12.1 Å². The van der Waals surface area contributed by atoms with Crippen LogP contribution in [0, 0.1) is 0 Å². The van der Waals surface area contributed by atoms with Crippen LogP contribution >= 0.6 is 0 Å². The second-order valence-corrected chi connectivity index (χ2v) is 1.93. The summed E-state index contributed by atoms with van der Waals surface area (Å²) in [5.74, 6) is 0.889. The Labute approximate surface area is 57.1 Å². The van der Waals surface area contributed by atoms with Gasteiger partial charge in [-0.1, -0.05) is 0 Å². The Morgan fingerprint density at radius 3 is 3.30 bits per heavy atom. The Hall–Kier alpha value is -1.52. The van der Waals surface area contributed by atoms with Crippen LogP contribution in [0.15, 0.2) is 20.0 Å². The van der Waals surface area contributed by atoms with Crippen molar-refractivity contribution in [1.29, 1.82) is 0 Å². The minimum Gasteiger partial charge on any atom is -0.368 e. The van der Waals surface area contributed by atoms with E-state index in [9.17, 15) is 0 Å². The molecule has 0 amide bonds. The molecule has 50 valence electrons. The van der Waals surface area contributed by atoms with Crippen LogP contribution in [0.1, 0.15) is 0 Å². The number of guanidine groups is 1. The van der Waals surface area contributed by atoms with Gasteiger partial charge >= 0.3 is 0 Å². The summed E-state index contributed by atoms with van der Waals surface area (Å²) in [5.41, 5.74) is 6.12. The summed E-state index contributed by atoms with van der Waals surface area (Å²) in [6, 6.07) is 0. The van der Waals surface area contributed by atoms with E-state index in [4.69, 9.17) is 5.73 Å². The van der Waals surface area contributed by atoms with Crippen molar-refractivity contribution in [2.75, 3.05) is 6.54 Å². The number of nitrogens with zero attached hydrogens (tertiary/aromatic N) is 4. The lowest BCUT2D eigenvalue weighted by molar-refractivity contribution is 1.24. The Bertz CT molecular complexity index is 282. The van der Waals surface area contributed by atoms with Gasteiger partial charge in [-0.25, -0.2) is 15.0 Å². The fraction of sp³-hybridized carbons (Fsp3) is 0.200. The van der Waals surface area contributed by atoms with E-state index in [1.165, 1.54) is 6.34 Å². The highest BCUT2D eigenvalue weighted by atomic mass is 15.1. The molecule has 0 fully saturated rings. The summed E-state index contributed by atoms with van der Waals surface area (Å²) in [4.78, 5) is 15.5. The maximum absolute atomic E-state index is 5.32. The van der Waals surface area contributed by atoms with Gasteiger partial charge in [-0.15, -0.1) is 0 Å². The van der Waals surface area contributed by atoms with Crippen LogP contribution in [0.5, 0.6) is 0 Å². The van der Waals surface area contributed by atoms with E-state index >= 15 is 0 Å². The monoisotopic (exact) mass is 135 g/mol. The molecule has 0 aromatic rings. The van der Waals surface area contributed by atoms with Crippen molar-refractivity contribution >= 4 is 23.8 Å². The summed E-state index contributed by atoms with van der Waals surface area (Å²) < 4.78 is 0. The molecule has 0 bridgehead atoms. The highest BCUT2D eigenvalue weighted by Crippen LogP contribution is 2.00. The first-order valence-electron chi connectivity index (χ1n) is 2.84. The minimum absolute atomic E-state index is 0.285. The number of fused-ring (bicyclic) bond motifs is 1. The minimum atomic E-state index is 0.285. The summed E-state index contributed by atoms with van der Waals surface area (Å²) in [5, 5.41) is 0. The molecule has 10 heavy (non-hydrogen) atoms. The van der Waals surface area contributed by atoms with Gasteiger partial charge in [-0.3, -0.25) is 0 Å². The molecule has 0 saturated carbocycles. The number of rotatable bonds is 0. The molecular weight excluding hydrogens is 130 g/mol. The Balaban J connectivity index is 2.43. The van der Waals surface area contributed by atoms with E-state index in [1.807, 2.05) is 0 Å². The molecule has 0 spiro atoms. The molecule has 0 radical (unpaired) electrons. The molecule has 0 atom stereocenters. The zero-order valence-corrected chi connectivity index (χ0v) is 5.15. The van der Waals surface area contributed by atoms with Gasteiger partial charge in [-0.2, -0.15) is 4.99 Å². The van der Waals surface area contributed by atoms with E-state index in [0.29, 0.717) is 12.4 Å². The highest BCUT2D eigenvalue weighted by molar-refractivity contribution is 6.48. The largest absolute Gasteiger partial charge is 0.368 e. The third-order valence-electron chi connectivity index (χ3n) is 1.26. The maximum atomic E-state index is 5.32. The molecule has 2 rings (SSSR count). The predicted octanol–water partition coefficient (Wildman–Crippen LogP) is -0.804. The second-order valence-electron chi connectivity index (χ2n) is 1.93. The predicted molar refractivity (Wildman–Crippen MR) is 39.9 cm³/mol. The van der Waals surface area contributed by atoms with Crippen LogP contribution in [-0.2, 0) is 0 Å². The fourth-order valence-corrected chi connectivity index (χ4v) is 0.790. The van der Waals surface area contributed by atoms with Crippen molar-refractivity contribution in [3.8, 4) is 0 Å². The highest BCUT2D eigenvalue weighted by Gasteiger charge is 2.15. The number of amidine groups is 1. The van der Waals surface area contributed by atoms with Gasteiger partial charge in [-0.05, 0) is 0 Å². The lowest BCUT2D eigenvalue weighted by atomic mass is 10.3. The number of hydrogen-bond acceptors (Lipinski definition) is 5. The topological polar surface area (TPSA) is 75.5 Å². The smallest absolute Gasteiger partial charge is 0.217 e. The lowest BCUT2D eigenvalue weighted by Gasteiger charge is -2.02. The first-order valence-corrected chi connectivity index (χ1v) is 2.84. The summed E-state index contributed by atoms with van der Waals surface area (Å²) in [6.07, 6.45) is 1.46. The first kappa shape index (κ1) is 5.28. The summed E-state index contributed by atoms with van der Waals surface area (Å²) >= 11 is 0. The van der Waals surface area contributed by atoms with Gasteiger partial charge in [0.05, 0.1) is 6.54 Å². The van der Waals surface area contributed by atoms with Crippen molar-refractivity contribution < 1.29 is 0 Å². The average Bonchev–Trinajstić information content (AvgIpc) is 2.33. The van der Waals surface area contributed by atoms with Crippen LogP contribution in [0.4, 0.5) is 0 Å². The Morgan fingerprint density at radius 1 is 1.50 bits per heavy atom. The zero-order chi connectivity index (χ0) is 6.97. The van der Waals surface area contributed by atoms with Gasteiger partial charge in [0.2, 0.25) is 5.96 Å². The lowest BCUT2D eigenvalue weighted by Crippen LogP contribution is -2.24. The van der Waals surface area contributed by atoms with Crippen LogP contribution in [0.25, 0.3) is 0 Å². The van der Waals surface area contributed by atoms with E-state index in [1.54, 1.807) is 0 Å². The molecule has 2 aliphatic heterocycles. The van der Waals surface area contributed by atoms with Gasteiger partial charge in [0.15, 0.2) is 5.84 Å². The Kier molecular flexibility index (Phi) is 0.913. The van der Waals surface area contributed by atoms with Gasteiger partial charge < -0.3 is 5.73 Å². The molecule has 0 saturated heterocycles. The van der Waals surface area contributed by atoms with E-state index in [-0.39, 0.29) is 5.96 Å². The molecule has 2 N–H and O–H groups in total. The third-order valence-corrected chi connectivity index (χ3v) is 1.26. The molecule has 2 aliphatic rings. The summed E-state index contributed by atoms with van der Waals surface area (Å²) in [6.45, 7) is 0.505. The molecule has 2 heterocycles. The standard InChI is InChI=1S/C5H5N5/c6-5-7-1-3-4(10-5)9-2-8-3/h2H,1H2,(H2,6,7). The molecule has 0 unspecified atom stereocenters. The van der Waals surface area contributed by atoms with Crippen molar-refractivity contribution in [2.24, 2.45) is 25.7 Å². The summed E-state index contributed by atoms with van der Waals surface area (Å²) in [7, 11) is 0. The van der Waals surface area contributed by atoms with Crippen LogP contribution in [-0.4, -0.2) is 30.4 Å². The SMILES string of the molecule is NC1=NCC2=NC=NC2=N1. The third kappa shape index (κ3) is 0.637. The molecule has 0 aromatic carbocycles. The molecule has 0 aromatic heterocycles. The van der Waals surface area contributed by atoms with Crippen molar-refractivity contribution in [1.82, 2.24) is 0 Å². The quantitative estimate of drug-likeness (QED) is 0.463. The van der Waals surface area contributed by atoms with Gasteiger partial charge in [0, 0.05) is 0 Å². The van der Waals surface area contributed by atoms with E-state index < -0.39 is 0 Å². The first-order chi connectivity index (χ1) is 4.86. The van der Waals surface area contributed by atoms with E-state index in [2.05, 4.69) is 20.0 Å². The zero-order valence-electron chi connectivity index (χ0n) is 5.15. The maximum Gasteiger partial charge on any atom is 0.217 e. The molecular formula is C5H5N5. The number of aliphatic imine (C=N–C) groups is 4. The fourth-order valence-electron chi connectivity index (χ4n) is 0.790. The Morgan fingerprint density at radius 2 is 2.40 bits per heavy atom. The average molecular weight is 135 g/mol. The van der Waals surface area contributed by atoms with E-state index in [0.717, 1.165) is 5.71 Å². The number of hydrogen-bond donors (Lipinski definition) is 1. The number of nitrogens with two attached hydrogens (primary N) is 1. The van der Waals surface area contributed by atoms with Crippen LogP contribution < -0.4 is 5.73 Å². The molecule has 0 aliphatic carbocycles. The van der Waals surface area contributed by atoms with Crippen LogP contribution in [0.2, 0.25) is 0 Å².